The van der Waals surface area contributed by atoms with Gasteiger partial charge in [-0.25, -0.2) is 9.18 Å². The first-order chi connectivity index (χ1) is 14.4. The summed E-state index contributed by atoms with van der Waals surface area (Å²) in [7, 11) is 0. The molecule has 0 spiro atoms. The third-order valence-corrected chi connectivity index (χ3v) is 7.77. The fourth-order valence-electron chi connectivity index (χ4n) is 4.75. The summed E-state index contributed by atoms with van der Waals surface area (Å²) in [6.45, 7) is 1.75. The Morgan fingerprint density at radius 2 is 2.10 bits per heavy atom. The number of nitrogens with one attached hydrogen (secondary N) is 1. The summed E-state index contributed by atoms with van der Waals surface area (Å²) < 4.78 is 16.9. The molecule has 0 saturated heterocycles. The number of rotatable bonds is 4. The van der Waals surface area contributed by atoms with Crippen molar-refractivity contribution in [2.75, 3.05) is 6.61 Å². The first-order valence-corrected chi connectivity index (χ1v) is 11.2. The zero-order valence-electron chi connectivity index (χ0n) is 16.7. The van der Waals surface area contributed by atoms with E-state index >= 15 is 4.39 Å². The number of benzene rings is 1. The van der Waals surface area contributed by atoms with E-state index in [2.05, 4.69) is 4.98 Å². The molecule has 0 bridgehead atoms. The number of hydrogen-bond acceptors (Lipinski definition) is 5. The van der Waals surface area contributed by atoms with Crippen LogP contribution in [-0.4, -0.2) is 27.3 Å². The lowest BCUT2D eigenvalue weighted by atomic mass is 9.84. The number of aryl methyl sites for hydroxylation is 2. The number of hydrogen-bond donors (Lipinski definition) is 3. The maximum Gasteiger partial charge on any atom is 0.329 e. The summed E-state index contributed by atoms with van der Waals surface area (Å²) in [5.41, 5.74) is 7.84. The van der Waals surface area contributed by atoms with Crippen molar-refractivity contribution in [1.29, 1.82) is 0 Å². The number of nitrogens with zero attached hydrogens (tertiary/aromatic N) is 1. The maximum atomic E-state index is 15.2. The normalized spacial score (nSPS) is 19.8. The minimum absolute atomic E-state index is 0.0390. The molecule has 0 radical (unpaired) electrons. The molecule has 2 aromatic heterocycles. The van der Waals surface area contributed by atoms with Crippen molar-refractivity contribution < 1.29 is 9.50 Å². The van der Waals surface area contributed by atoms with Gasteiger partial charge >= 0.3 is 5.69 Å². The highest BCUT2D eigenvalue weighted by Crippen LogP contribution is 2.42. The summed E-state index contributed by atoms with van der Waals surface area (Å²) in [5, 5.41) is 9.60. The number of halogens is 1. The van der Waals surface area contributed by atoms with Gasteiger partial charge in [-0.1, -0.05) is 0 Å². The van der Waals surface area contributed by atoms with Gasteiger partial charge in [0.05, 0.1) is 17.5 Å². The molecule has 2 heterocycles. The van der Waals surface area contributed by atoms with Gasteiger partial charge in [-0.15, -0.1) is 11.3 Å². The molecule has 0 aliphatic heterocycles. The second-order valence-corrected chi connectivity index (χ2v) is 9.66. The monoisotopic (exact) mass is 429 g/mol. The Kier molecular flexibility index (Phi) is 4.68. The highest BCUT2D eigenvalue weighted by atomic mass is 32.1. The van der Waals surface area contributed by atoms with Crippen molar-refractivity contribution in [3.63, 3.8) is 0 Å². The third-order valence-electron chi connectivity index (χ3n) is 6.52. The van der Waals surface area contributed by atoms with Crippen molar-refractivity contribution in [2.24, 2.45) is 11.7 Å². The van der Waals surface area contributed by atoms with Crippen LogP contribution in [0.25, 0.3) is 21.3 Å². The quantitative estimate of drug-likeness (QED) is 0.593. The van der Waals surface area contributed by atoms with Crippen LogP contribution in [0.3, 0.4) is 0 Å². The van der Waals surface area contributed by atoms with E-state index in [1.807, 2.05) is 6.07 Å². The summed E-state index contributed by atoms with van der Waals surface area (Å²) in [5.74, 6) is -0.236. The molecule has 158 valence electrons. The highest BCUT2D eigenvalue weighted by molar-refractivity contribution is 7.15. The number of nitrogens with two attached hydrogens (primary N) is 1. The van der Waals surface area contributed by atoms with E-state index in [-0.39, 0.29) is 30.0 Å². The van der Waals surface area contributed by atoms with Crippen molar-refractivity contribution >= 4 is 22.2 Å². The van der Waals surface area contributed by atoms with Gasteiger partial charge in [-0.05, 0) is 68.2 Å². The summed E-state index contributed by atoms with van der Waals surface area (Å²) in [6.07, 6.45) is 4.30. The van der Waals surface area contributed by atoms with Crippen LogP contribution < -0.4 is 17.0 Å². The number of aromatic amines is 1. The van der Waals surface area contributed by atoms with Gasteiger partial charge < -0.3 is 10.8 Å². The fraction of sp³-hybridized carbons (Fsp3) is 0.455. The molecule has 0 amide bonds. The smallest absolute Gasteiger partial charge is 0.329 e. The Morgan fingerprint density at radius 1 is 1.33 bits per heavy atom. The van der Waals surface area contributed by atoms with Gasteiger partial charge in [-0.3, -0.25) is 14.3 Å². The van der Waals surface area contributed by atoms with Gasteiger partial charge in [0, 0.05) is 27.4 Å². The first-order valence-electron chi connectivity index (χ1n) is 10.3. The van der Waals surface area contributed by atoms with E-state index < -0.39 is 17.1 Å². The van der Waals surface area contributed by atoms with Crippen molar-refractivity contribution in [3.8, 4) is 10.4 Å². The Balaban J connectivity index is 1.68. The SMILES string of the molecule is Cc1c(-c2cc3c(s2)CCC(C(N)CO)C3)c(F)cc2c(=O)[nH]c(=O)n(C3CC3)c12. The summed E-state index contributed by atoms with van der Waals surface area (Å²) >= 11 is 1.57. The molecule has 6 nitrogen and oxygen atoms in total. The zero-order valence-corrected chi connectivity index (χ0v) is 17.5. The fourth-order valence-corrected chi connectivity index (χ4v) is 6.06. The molecule has 4 N–H and O–H groups in total. The Morgan fingerprint density at radius 3 is 2.80 bits per heavy atom. The molecule has 8 heteroatoms. The van der Waals surface area contributed by atoms with Crippen LogP contribution in [0.15, 0.2) is 21.7 Å². The largest absolute Gasteiger partial charge is 0.395 e. The second-order valence-electron chi connectivity index (χ2n) is 8.52. The van der Waals surface area contributed by atoms with Crippen LogP contribution >= 0.6 is 11.3 Å². The molecule has 1 saturated carbocycles. The number of H-pyrrole nitrogens is 1. The number of fused-ring (bicyclic) bond motifs is 2. The lowest BCUT2D eigenvalue weighted by Crippen LogP contribution is -2.36. The predicted octanol–water partition coefficient (Wildman–Crippen LogP) is 2.63. The summed E-state index contributed by atoms with van der Waals surface area (Å²) in [4.78, 5) is 29.2. The minimum Gasteiger partial charge on any atom is -0.395 e. The van der Waals surface area contributed by atoms with Crippen molar-refractivity contribution in [1.82, 2.24) is 9.55 Å². The number of aliphatic hydroxyl groups excluding tert-OH is 1. The van der Waals surface area contributed by atoms with Gasteiger partial charge in [0.25, 0.3) is 5.56 Å². The molecule has 2 unspecified atom stereocenters. The van der Waals surface area contributed by atoms with E-state index in [0.717, 1.165) is 42.5 Å². The molecular weight excluding hydrogens is 405 g/mol. The van der Waals surface area contributed by atoms with Crippen LogP contribution in [0.5, 0.6) is 0 Å². The molecule has 30 heavy (non-hydrogen) atoms. The first kappa shape index (κ1) is 19.7. The van der Waals surface area contributed by atoms with Gasteiger partial charge in [0.15, 0.2) is 0 Å². The van der Waals surface area contributed by atoms with Gasteiger partial charge in [0.1, 0.15) is 5.82 Å². The van der Waals surface area contributed by atoms with E-state index in [1.165, 1.54) is 10.9 Å². The second kappa shape index (κ2) is 7.14. The molecule has 2 atom stereocenters. The van der Waals surface area contributed by atoms with Crippen molar-refractivity contribution in [2.45, 2.75) is 51.1 Å². The van der Waals surface area contributed by atoms with Gasteiger partial charge in [-0.2, -0.15) is 0 Å². The zero-order chi connectivity index (χ0) is 21.2. The highest BCUT2D eigenvalue weighted by Gasteiger charge is 2.30. The Bertz CT molecular complexity index is 1270. The lowest BCUT2D eigenvalue weighted by Gasteiger charge is -2.26. The average Bonchev–Trinajstić information content (AvgIpc) is 3.46. The standard InChI is InChI=1S/C22H24FN3O3S/c1-10-19(18-7-12-6-11(16(24)9-27)2-5-17(12)30-18)15(23)8-14-20(10)26(13-3-4-13)22(29)25-21(14)28/h7-8,11,13,16,27H,2-6,9,24H2,1H3,(H,25,28,29). The molecule has 1 aromatic carbocycles. The lowest BCUT2D eigenvalue weighted by molar-refractivity contribution is 0.216. The predicted molar refractivity (Wildman–Crippen MR) is 116 cm³/mol. The van der Waals surface area contributed by atoms with E-state index in [0.29, 0.717) is 16.6 Å². The maximum absolute atomic E-state index is 15.2. The van der Waals surface area contributed by atoms with Crippen molar-refractivity contribution in [3.05, 3.63) is 54.8 Å². The Hall–Kier alpha value is -2.29. The van der Waals surface area contributed by atoms with Crippen LogP contribution in [0, 0.1) is 18.7 Å². The van der Waals surface area contributed by atoms with E-state index in [4.69, 9.17) is 5.73 Å². The molecule has 1 fully saturated rings. The molecule has 2 aliphatic rings. The van der Waals surface area contributed by atoms with E-state index in [1.54, 1.807) is 22.8 Å². The molecular formula is C22H24FN3O3S. The molecule has 2 aliphatic carbocycles. The van der Waals surface area contributed by atoms with Crippen LogP contribution in [0.1, 0.15) is 41.3 Å². The van der Waals surface area contributed by atoms with Crippen LogP contribution in [0.2, 0.25) is 0 Å². The van der Waals surface area contributed by atoms with Crippen LogP contribution in [0.4, 0.5) is 4.39 Å². The summed E-state index contributed by atoms with van der Waals surface area (Å²) in [6, 6.07) is 3.09. The third kappa shape index (κ3) is 3.05. The number of aliphatic hydroxyl groups is 1. The average molecular weight is 430 g/mol. The number of aromatic nitrogens is 2. The topological polar surface area (TPSA) is 101 Å². The van der Waals surface area contributed by atoms with Gasteiger partial charge in [0.2, 0.25) is 0 Å². The molecule has 3 aromatic rings. The molecule has 5 rings (SSSR count). The number of thiophene rings is 1. The van der Waals surface area contributed by atoms with E-state index in [9.17, 15) is 14.7 Å². The minimum atomic E-state index is -0.549. The Labute approximate surface area is 176 Å². The van der Waals surface area contributed by atoms with Crippen LogP contribution in [-0.2, 0) is 12.8 Å².